The molecular formula is C17H20N6O3. The average molecular weight is 356 g/mol. The summed E-state index contributed by atoms with van der Waals surface area (Å²) in [6.07, 6.45) is 0. The summed E-state index contributed by atoms with van der Waals surface area (Å²) in [5.41, 5.74) is 0.803. The van der Waals surface area contributed by atoms with Crippen LogP contribution in [-0.2, 0) is 6.61 Å². The number of likely N-dealkylation sites (N-methyl/N-ethyl adjacent to an activating group) is 1. The molecule has 0 spiro atoms. The zero-order valence-corrected chi connectivity index (χ0v) is 14.7. The Bertz CT molecular complexity index is 877. The predicted octanol–water partition coefficient (Wildman–Crippen LogP) is 1.58. The van der Waals surface area contributed by atoms with E-state index in [1.165, 1.54) is 0 Å². The van der Waals surface area contributed by atoms with Crippen molar-refractivity contribution in [2.75, 3.05) is 26.7 Å². The monoisotopic (exact) mass is 356 g/mol. The number of benzene rings is 1. The van der Waals surface area contributed by atoms with Gasteiger partial charge < -0.3 is 19.1 Å². The summed E-state index contributed by atoms with van der Waals surface area (Å²) >= 11 is 0. The van der Waals surface area contributed by atoms with Gasteiger partial charge in [-0.15, -0.1) is 0 Å². The molecule has 3 heterocycles. The zero-order chi connectivity index (χ0) is 17.9. The van der Waals surface area contributed by atoms with Crippen LogP contribution in [0.3, 0.4) is 0 Å². The van der Waals surface area contributed by atoms with E-state index in [2.05, 4.69) is 37.5 Å². The minimum absolute atomic E-state index is 0.113. The number of nitrogens with one attached hydrogen (secondary N) is 1. The molecule has 0 bridgehead atoms. The first kappa shape index (κ1) is 16.7. The summed E-state index contributed by atoms with van der Waals surface area (Å²) < 4.78 is 16.1. The van der Waals surface area contributed by atoms with Gasteiger partial charge in [0.15, 0.2) is 12.4 Å². The molecule has 0 radical (unpaired) electrons. The second-order valence-electron chi connectivity index (χ2n) is 6.20. The van der Waals surface area contributed by atoms with Crippen molar-refractivity contribution in [1.82, 2.24) is 30.5 Å². The van der Waals surface area contributed by atoms with Gasteiger partial charge in [-0.2, -0.15) is 9.97 Å². The zero-order valence-electron chi connectivity index (χ0n) is 14.7. The Balaban J connectivity index is 1.48. The fourth-order valence-corrected chi connectivity index (χ4v) is 2.85. The van der Waals surface area contributed by atoms with Gasteiger partial charge in [0, 0.05) is 32.1 Å². The van der Waals surface area contributed by atoms with Crippen molar-refractivity contribution in [3.63, 3.8) is 0 Å². The fraction of sp³-hybridized carbons (Fsp3) is 0.412. The number of piperazine rings is 1. The molecule has 9 heteroatoms. The third-order valence-corrected chi connectivity index (χ3v) is 4.27. The molecule has 9 nitrogen and oxygen atoms in total. The van der Waals surface area contributed by atoms with Crippen LogP contribution in [0.2, 0.25) is 0 Å². The van der Waals surface area contributed by atoms with E-state index in [1.54, 1.807) is 6.92 Å². The molecule has 1 saturated heterocycles. The van der Waals surface area contributed by atoms with Crippen LogP contribution < -0.4 is 10.1 Å². The summed E-state index contributed by atoms with van der Waals surface area (Å²) in [7, 11) is 2.07. The van der Waals surface area contributed by atoms with E-state index in [-0.39, 0.29) is 12.6 Å². The molecular weight excluding hydrogens is 336 g/mol. The minimum Gasteiger partial charge on any atom is -0.485 e. The van der Waals surface area contributed by atoms with Gasteiger partial charge >= 0.3 is 0 Å². The van der Waals surface area contributed by atoms with Gasteiger partial charge in [-0.1, -0.05) is 16.4 Å². The van der Waals surface area contributed by atoms with E-state index in [0.29, 0.717) is 29.2 Å². The molecule has 1 atom stereocenters. The number of hydrogen-bond acceptors (Lipinski definition) is 9. The summed E-state index contributed by atoms with van der Waals surface area (Å²) in [6, 6.07) is 7.61. The Morgan fingerprint density at radius 1 is 1.27 bits per heavy atom. The second kappa shape index (κ2) is 7.22. The van der Waals surface area contributed by atoms with Gasteiger partial charge in [-0.3, -0.25) is 4.90 Å². The Morgan fingerprint density at radius 3 is 3.00 bits per heavy atom. The van der Waals surface area contributed by atoms with Crippen LogP contribution in [0.15, 0.2) is 33.3 Å². The van der Waals surface area contributed by atoms with Gasteiger partial charge in [0.1, 0.15) is 5.75 Å². The summed E-state index contributed by atoms with van der Waals surface area (Å²) in [6.45, 7) is 4.70. The van der Waals surface area contributed by atoms with Crippen molar-refractivity contribution in [1.29, 1.82) is 0 Å². The number of rotatable bonds is 5. The van der Waals surface area contributed by atoms with E-state index in [0.717, 1.165) is 25.2 Å². The Morgan fingerprint density at radius 2 is 2.19 bits per heavy atom. The van der Waals surface area contributed by atoms with E-state index < -0.39 is 0 Å². The molecule has 4 rings (SSSR count). The Labute approximate surface area is 150 Å². The van der Waals surface area contributed by atoms with Crippen LogP contribution in [0.1, 0.15) is 23.6 Å². The van der Waals surface area contributed by atoms with Gasteiger partial charge in [-0.25, -0.2) is 0 Å². The van der Waals surface area contributed by atoms with Crippen molar-refractivity contribution in [3.05, 3.63) is 41.8 Å². The first-order valence-corrected chi connectivity index (χ1v) is 8.46. The van der Waals surface area contributed by atoms with E-state index >= 15 is 0 Å². The molecule has 1 N–H and O–H groups in total. The maximum atomic E-state index is 5.71. The normalized spacial score (nSPS) is 18.2. The largest absolute Gasteiger partial charge is 0.485 e. The lowest BCUT2D eigenvalue weighted by atomic mass is 10.2. The van der Waals surface area contributed by atoms with Crippen LogP contribution in [0.5, 0.6) is 5.75 Å². The highest BCUT2D eigenvalue weighted by Crippen LogP contribution is 2.25. The van der Waals surface area contributed by atoms with Crippen molar-refractivity contribution < 1.29 is 13.8 Å². The molecule has 1 unspecified atom stereocenters. The standard InChI is InChI=1S/C17H20N6O3/c1-11-19-15(21-25-11)10-24-13-5-3-4-12(8-13)17-20-16(22-26-17)14-9-18-6-7-23(14)2/h3-5,8,14,18H,6-7,9-10H2,1-2H3. The number of nitrogens with zero attached hydrogens (tertiary/aromatic N) is 5. The molecule has 3 aromatic rings. The summed E-state index contributed by atoms with van der Waals surface area (Å²) in [5, 5.41) is 11.3. The topological polar surface area (TPSA) is 102 Å². The molecule has 0 amide bonds. The van der Waals surface area contributed by atoms with Gasteiger partial charge in [-0.05, 0) is 25.2 Å². The van der Waals surface area contributed by atoms with Crippen molar-refractivity contribution in [3.8, 4) is 17.2 Å². The number of aryl methyl sites for hydroxylation is 1. The number of hydrogen-bond donors (Lipinski definition) is 1. The first-order chi connectivity index (χ1) is 12.7. The number of aromatic nitrogens is 4. The van der Waals surface area contributed by atoms with Crippen LogP contribution >= 0.6 is 0 Å². The first-order valence-electron chi connectivity index (χ1n) is 8.46. The third-order valence-electron chi connectivity index (χ3n) is 4.27. The molecule has 1 fully saturated rings. The van der Waals surface area contributed by atoms with Crippen molar-refractivity contribution in [2.45, 2.75) is 19.6 Å². The molecule has 26 heavy (non-hydrogen) atoms. The smallest absolute Gasteiger partial charge is 0.258 e. The summed E-state index contributed by atoms with van der Waals surface area (Å²) in [5.74, 6) is 2.84. The lowest BCUT2D eigenvalue weighted by Crippen LogP contribution is -2.44. The minimum atomic E-state index is 0.113. The average Bonchev–Trinajstić information content (AvgIpc) is 3.30. The van der Waals surface area contributed by atoms with Crippen LogP contribution in [-0.4, -0.2) is 51.9 Å². The summed E-state index contributed by atoms with van der Waals surface area (Å²) in [4.78, 5) is 10.9. The quantitative estimate of drug-likeness (QED) is 0.730. The van der Waals surface area contributed by atoms with Gasteiger partial charge in [0.25, 0.3) is 5.89 Å². The Kier molecular flexibility index (Phi) is 4.63. The van der Waals surface area contributed by atoms with E-state index in [4.69, 9.17) is 13.8 Å². The maximum Gasteiger partial charge on any atom is 0.258 e. The van der Waals surface area contributed by atoms with Crippen LogP contribution in [0, 0.1) is 6.92 Å². The lowest BCUT2D eigenvalue weighted by molar-refractivity contribution is 0.190. The SMILES string of the molecule is Cc1nc(COc2cccc(-c3nc(C4CNCCN4C)no3)c2)no1. The van der Waals surface area contributed by atoms with Crippen LogP contribution in [0.25, 0.3) is 11.5 Å². The molecule has 1 aliphatic heterocycles. The lowest BCUT2D eigenvalue weighted by Gasteiger charge is -2.30. The van der Waals surface area contributed by atoms with Crippen molar-refractivity contribution in [2.24, 2.45) is 0 Å². The fourth-order valence-electron chi connectivity index (χ4n) is 2.85. The van der Waals surface area contributed by atoms with Crippen molar-refractivity contribution >= 4 is 0 Å². The van der Waals surface area contributed by atoms with Gasteiger partial charge in [0.05, 0.1) is 6.04 Å². The Hall–Kier alpha value is -2.78. The van der Waals surface area contributed by atoms with E-state index in [1.807, 2.05) is 24.3 Å². The predicted molar refractivity (Wildman–Crippen MR) is 91.3 cm³/mol. The third kappa shape index (κ3) is 3.58. The molecule has 1 aromatic carbocycles. The highest BCUT2D eigenvalue weighted by Gasteiger charge is 2.25. The second-order valence-corrected chi connectivity index (χ2v) is 6.20. The maximum absolute atomic E-state index is 5.71. The van der Waals surface area contributed by atoms with E-state index in [9.17, 15) is 0 Å². The molecule has 1 aliphatic rings. The highest BCUT2D eigenvalue weighted by atomic mass is 16.5. The highest BCUT2D eigenvalue weighted by molar-refractivity contribution is 5.55. The van der Waals surface area contributed by atoms with Crippen LogP contribution in [0.4, 0.5) is 0 Å². The molecule has 0 saturated carbocycles. The van der Waals surface area contributed by atoms with Gasteiger partial charge in [0.2, 0.25) is 11.7 Å². The molecule has 2 aromatic heterocycles. The molecule has 136 valence electrons. The molecule has 0 aliphatic carbocycles. The number of ether oxygens (including phenoxy) is 1.